The van der Waals surface area contributed by atoms with Crippen LogP contribution in [0.15, 0.2) is 24.3 Å². The van der Waals surface area contributed by atoms with Crippen molar-refractivity contribution in [2.24, 2.45) is 0 Å². The molecule has 0 spiro atoms. The van der Waals surface area contributed by atoms with E-state index in [1.165, 1.54) is 0 Å². The molecule has 1 aromatic carbocycles. The van der Waals surface area contributed by atoms with Crippen molar-refractivity contribution in [3.05, 3.63) is 35.4 Å². The van der Waals surface area contributed by atoms with E-state index in [-0.39, 0.29) is 12.0 Å². The summed E-state index contributed by atoms with van der Waals surface area (Å²) in [6.07, 6.45) is 0. The molecule has 0 heterocycles. The van der Waals surface area contributed by atoms with E-state index in [4.69, 9.17) is 10.00 Å². The van der Waals surface area contributed by atoms with E-state index in [1.807, 2.05) is 31.0 Å². The number of hydrogen-bond acceptors (Lipinski definition) is 4. The molecule has 0 aliphatic carbocycles. The van der Waals surface area contributed by atoms with Crippen LogP contribution >= 0.6 is 0 Å². The van der Waals surface area contributed by atoms with Gasteiger partial charge in [0.1, 0.15) is 6.04 Å². The SMILES string of the molecule is CCOC(=O)[C@@H](C)N(C)Cc1ccc(C#N)cc1. The Balaban J connectivity index is 2.60. The van der Waals surface area contributed by atoms with E-state index in [0.29, 0.717) is 18.7 Å². The Morgan fingerprint density at radius 1 is 1.44 bits per heavy atom. The average molecular weight is 246 g/mol. The van der Waals surface area contributed by atoms with E-state index in [9.17, 15) is 4.79 Å². The maximum absolute atomic E-state index is 11.6. The first-order valence-corrected chi connectivity index (χ1v) is 5.94. The van der Waals surface area contributed by atoms with Crippen LogP contribution < -0.4 is 0 Å². The van der Waals surface area contributed by atoms with Crippen molar-refractivity contribution in [1.82, 2.24) is 4.90 Å². The second kappa shape index (κ2) is 6.77. The molecule has 0 radical (unpaired) electrons. The zero-order chi connectivity index (χ0) is 13.5. The number of likely N-dealkylation sites (N-methyl/N-ethyl adjacent to an activating group) is 1. The molecule has 4 heteroatoms. The lowest BCUT2D eigenvalue weighted by molar-refractivity contribution is -0.148. The molecule has 0 aliphatic heterocycles. The lowest BCUT2D eigenvalue weighted by Gasteiger charge is -2.22. The molecule has 4 nitrogen and oxygen atoms in total. The van der Waals surface area contributed by atoms with Crippen LogP contribution in [0.1, 0.15) is 25.0 Å². The van der Waals surface area contributed by atoms with Crippen molar-refractivity contribution >= 4 is 5.97 Å². The number of esters is 1. The Morgan fingerprint density at radius 3 is 2.56 bits per heavy atom. The van der Waals surface area contributed by atoms with Crippen molar-refractivity contribution in [2.75, 3.05) is 13.7 Å². The highest BCUT2D eigenvalue weighted by Gasteiger charge is 2.18. The number of nitriles is 1. The summed E-state index contributed by atoms with van der Waals surface area (Å²) in [5, 5.41) is 8.71. The highest BCUT2D eigenvalue weighted by Crippen LogP contribution is 2.09. The minimum Gasteiger partial charge on any atom is -0.465 e. The first-order chi connectivity index (χ1) is 8.58. The Hall–Kier alpha value is -1.86. The zero-order valence-corrected chi connectivity index (χ0v) is 11.0. The van der Waals surface area contributed by atoms with Gasteiger partial charge in [-0.1, -0.05) is 12.1 Å². The minimum absolute atomic E-state index is 0.214. The molecule has 0 saturated heterocycles. The number of benzene rings is 1. The fraction of sp³-hybridized carbons (Fsp3) is 0.429. The number of carbonyl (C=O) groups excluding carboxylic acids is 1. The van der Waals surface area contributed by atoms with E-state index >= 15 is 0 Å². The fourth-order valence-corrected chi connectivity index (χ4v) is 1.55. The normalized spacial score (nSPS) is 11.9. The van der Waals surface area contributed by atoms with Gasteiger partial charge < -0.3 is 4.74 Å². The molecular formula is C14H18N2O2. The van der Waals surface area contributed by atoms with Crippen LogP contribution in [0.5, 0.6) is 0 Å². The molecule has 0 saturated carbocycles. The summed E-state index contributed by atoms with van der Waals surface area (Å²) in [4.78, 5) is 13.5. The van der Waals surface area contributed by atoms with Gasteiger partial charge in [0.2, 0.25) is 0 Å². The quantitative estimate of drug-likeness (QED) is 0.745. The summed E-state index contributed by atoms with van der Waals surface area (Å²) in [7, 11) is 1.87. The van der Waals surface area contributed by atoms with Crippen LogP contribution in [-0.4, -0.2) is 30.6 Å². The Morgan fingerprint density at radius 2 is 2.06 bits per heavy atom. The minimum atomic E-state index is -0.277. The number of carbonyl (C=O) groups is 1. The third kappa shape index (κ3) is 3.86. The zero-order valence-electron chi connectivity index (χ0n) is 11.0. The molecule has 18 heavy (non-hydrogen) atoms. The van der Waals surface area contributed by atoms with Crippen LogP contribution in [0.2, 0.25) is 0 Å². The standard InChI is InChI=1S/C14H18N2O2/c1-4-18-14(17)11(2)16(3)10-13-7-5-12(9-15)6-8-13/h5-8,11H,4,10H2,1-3H3/t11-/m1/s1. The van der Waals surface area contributed by atoms with Crippen molar-refractivity contribution < 1.29 is 9.53 Å². The number of nitrogens with zero attached hydrogens (tertiary/aromatic N) is 2. The third-order valence-electron chi connectivity index (χ3n) is 2.80. The highest BCUT2D eigenvalue weighted by atomic mass is 16.5. The predicted octanol–water partition coefficient (Wildman–Crippen LogP) is 1.94. The van der Waals surface area contributed by atoms with Gasteiger partial charge in [-0.3, -0.25) is 9.69 Å². The van der Waals surface area contributed by atoms with Crippen LogP contribution in [0, 0.1) is 11.3 Å². The maximum Gasteiger partial charge on any atom is 0.323 e. The summed E-state index contributed by atoms with van der Waals surface area (Å²) in [6, 6.07) is 9.14. The van der Waals surface area contributed by atoms with Gasteiger partial charge in [-0.05, 0) is 38.6 Å². The lowest BCUT2D eigenvalue weighted by Crippen LogP contribution is -2.36. The van der Waals surface area contributed by atoms with E-state index in [1.54, 1.807) is 19.1 Å². The first-order valence-electron chi connectivity index (χ1n) is 5.94. The number of hydrogen-bond donors (Lipinski definition) is 0. The van der Waals surface area contributed by atoms with Gasteiger partial charge in [0.05, 0.1) is 18.2 Å². The summed E-state index contributed by atoms with van der Waals surface area (Å²) in [5.41, 5.74) is 1.70. The molecule has 0 aromatic heterocycles. The molecule has 0 unspecified atom stereocenters. The Bertz CT molecular complexity index is 434. The molecule has 96 valence electrons. The predicted molar refractivity (Wildman–Crippen MR) is 68.7 cm³/mol. The van der Waals surface area contributed by atoms with Crippen LogP contribution in [0.25, 0.3) is 0 Å². The van der Waals surface area contributed by atoms with Gasteiger partial charge in [0.15, 0.2) is 0 Å². The van der Waals surface area contributed by atoms with E-state index < -0.39 is 0 Å². The number of ether oxygens (including phenoxy) is 1. The molecule has 0 fully saturated rings. The second-order valence-electron chi connectivity index (χ2n) is 4.15. The smallest absolute Gasteiger partial charge is 0.323 e. The second-order valence-corrected chi connectivity index (χ2v) is 4.15. The fourth-order valence-electron chi connectivity index (χ4n) is 1.55. The first kappa shape index (κ1) is 14.2. The van der Waals surface area contributed by atoms with Crippen molar-refractivity contribution in [3.63, 3.8) is 0 Å². The lowest BCUT2D eigenvalue weighted by atomic mass is 10.1. The van der Waals surface area contributed by atoms with E-state index in [0.717, 1.165) is 5.56 Å². The summed E-state index contributed by atoms with van der Waals surface area (Å²) in [5.74, 6) is -0.214. The highest BCUT2D eigenvalue weighted by molar-refractivity contribution is 5.75. The Labute approximate surface area is 108 Å². The summed E-state index contributed by atoms with van der Waals surface area (Å²) in [6.45, 7) is 4.66. The molecule has 0 bridgehead atoms. The van der Waals surface area contributed by atoms with Crippen LogP contribution in [0.3, 0.4) is 0 Å². The van der Waals surface area contributed by atoms with E-state index in [2.05, 4.69) is 6.07 Å². The van der Waals surface area contributed by atoms with Crippen molar-refractivity contribution in [3.8, 4) is 6.07 Å². The monoisotopic (exact) mass is 246 g/mol. The van der Waals surface area contributed by atoms with Crippen LogP contribution in [0.4, 0.5) is 0 Å². The third-order valence-corrected chi connectivity index (χ3v) is 2.80. The van der Waals surface area contributed by atoms with Gasteiger partial charge in [-0.15, -0.1) is 0 Å². The van der Waals surface area contributed by atoms with Crippen molar-refractivity contribution in [1.29, 1.82) is 5.26 Å². The number of rotatable bonds is 5. The topological polar surface area (TPSA) is 53.3 Å². The van der Waals surface area contributed by atoms with Crippen LogP contribution in [-0.2, 0) is 16.1 Å². The summed E-state index contributed by atoms with van der Waals surface area (Å²) < 4.78 is 4.98. The summed E-state index contributed by atoms with van der Waals surface area (Å²) >= 11 is 0. The molecule has 0 amide bonds. The van der Waals surface area contributed by atoms with Gasteiger partial charge in [0, 0.05) is 6.54 Å². The molecule has 0 N–H and O–H groups in total. The molecule has 0 aliphatic rings. The van der Waals surface area contributed by atoms with Gasteiger partial charge in [0.25, 0.3) is 0 Å². The van der Waals surface area contributed by atoms with Gasteiger partial charge >= 0.3 is 5.97 Å². The Kier molecular flexibility index (Phi) is 5.34. The largest absolute Gasteiger partial charge is 0.465 e. The maximum atomic E-state index is 11.6. The van der Waals surface area contributed by atoms with Gasteiger partial charge in [-0.25, -0.2) is 0 Å². The molecular weight excluding hydrogens is 228 g/mol. The van der Waals surface area contributed by atoms with Gasteiger partial charge in [-0.2, -0.15) is 5.26 Å². The average Bonchev–Trinajstić information content (AvgIpc) is 2.39. The molecule has 1 aromatic rings. The molecule has 1 rings (SSSR count). The molecule has 1 atom stereocenters. The van der Waals surface area contributed by atoms with Crippen molar-refractivity contribution in [2.45, 2.75) is 26.4 Å².